The summed E-state index contributed by atoms with van der Waals surface area (Å²) >= 11 is 1.15. The number of hydrogen-bond acceptors (Lipinski definition) is 6. The topological polar surface area (TPSA) is 96.4 Å². The highest BCUT2D eigenvalue weighted by Crippen LogP contribution is 2.29. The van der Waals surface area contributed by atoms with Gasteiger partial charge in [-0.2, -0.15) is 0 Å². The number of nitrogens with one attached hydrogen (secondary N) is 1. The second kappa shape index (κ2) is 5.36. The molecule has 0 unspecified atom stereocenters. The second-order valence-corrected chi connectivity index (χ2v) is 5.99. The molecule has 110 valence electrons. The minimum absolute atomic E-state index is 0.0548. The molecule has 3 rings (SSSR count). The summed E-state index contributed by atoms with van der Waals surface area (Å²) < 4.78 is 0. The third-order valence-electron chi connectivity index (χ3n) is 3.47. The summed E-state index contributed by atoms with van der Waals surface area (Å²) in [5, 5.41) is 2.90. The Morgan fingerprint density at radius 1 is 1.14 bits per heavy atom. The number of ketones is 1. The van der Waals surface area contributed by atoms with Crippen LogP contribution in [0.25, 0.3) is 0 Å². The maximum Gasteiger partial charge on any atom is 0.246 e. The molecule has 1 aromatic heterocycles. The molecule has 2 heterocycles. The van der Waals surface area contributed by atoms with Crippen LogP contribution in [-0.2, 0) is 20.8 Å². The first kappa shape index (κ1) is 13.9. The van der Waals surface area contributed by atoms with Crippen LogP contribution >= 0.6 is 11.3 Å². The summed E-state index contributed by atoms with van der Waals surface area (Å²) in [6.07, 6.45) is 2.34. The smallest absolute Gasteiger partial charge is 0.246 e. The van der Waals surface area contributed by atoms with Gasteiger partial charge < -0.3 is 5.32 Å². The van der Waals surface area contributed by atoms with Gasteiger partial charge >= 0.3 is 0 Å². The predicted molar refractivity (Wildman–Crippen MR) is 74.0 cm³/mol. The van der Waals surface area contributed by atoms with Crippen LogP contribution in [0.1, 0.15) is 41.0 Å². The molecule has 0 radical (unpaired) electrons. The number of aromatic nitrogens is 1. The predicted octanol–water partition coefficient (Wildman–Crippen LogP) is 0.750. The standard InChI is InChI=1S/C13H13N3O4S/c17-8-3-1-2-7-12(8)21-13(14-7)15-9(18)6-16-10(19)4-5-11(16)20/h1-6H2,(H,14,15,18). The van der Waals surface area contributed by atoms with Gasteiger partial charge in [0.1, 0.15) is 6.54 Å². The fourth-order valence-electron chi connectivity index (χ4n) is 2.42. The van der Waals surface area contributed by atoms with Gasteiger partial charge in [-0.05, 0) is 12.8 Å². The van der Waals surface area contributed by atoms with Crippen molar-refractivity contribution in [3.63, 3.8) is 0 Å². The number of hydrogen-bond donors (Lipinski definition) is 1. The number of thiazole rings is 1. The molecule has 0 atom stereocenters. The highest BCUT2D eigenvalue weighted by atomic mass is 32.1. The highest BCUT2D eigenvalue weighted by Gasteiger charge is 2.31. The first-order valence-corrected chi connectivity index (χ1v) is 7.52. The summed E-state index contributed by atoms with van der Waals surface area (Å²) in [4.78, 5) is 52.3. The molecule has 0 bridgehead atoms. The number of fused-ring (bicyclic) bond motifs is 1. The molecule has 1 fully saturated rings. The Labute approximate surface area is 124 Å². The van der Waals surface area contributed by atoms with Gasteiger partial charge in [0.25, 0.3) is 0 Å². The molecular weight excluding hydrogens is 294 g/mol. The van der Waals surface area contributed by atoms with Crippen LogP contribution in [0.3, 0.4) is 0 Å². The normalized spacial score (nSPS) is 18.1. The Bertz CT molecular complexity index is 636. The van der Waals surface area contributed by atoms with Crippen LogP contribution in [0.15, 0.2) is 0 Å². The molecule has 0 spiro atoms. The van der Waals surface area contributed by atoms with E-state index in [9.17, 15) is 19.2 Å². The number of anilines is 1. The van der Waals surface area contributed by atoms with Crippen LogP contribution in [0.4, 0.5) is 5.13 Å². The van der Waals surface area contributed by atoms with E-state index in [0.717, 1.165) is 34.8 Å². The number of carbonyl (C=O) groups excluding carboxylic acids is 4. The fraction of sp³-hybridized carbons (Fsp3) is 0.462. The molecule has 0 aromatic carbocycles. The molecule has 3 amide bonds. The van der Waals surface area contributed by atoms with E-state index in [2.05, 4.69) is 10.3 Å². The van der Waals surface area contributed by atoms with E-state index in [1.165, 1.54) is 0 Å². The zero-order chi connectivity index (χ0) is 15.0. The monoisotopic (exact) mass is 307 g/mol. The van der Waals surface area contributed by atoms with Gasteiger partial charge in [-0.15, -0.1) is 0 Å². The van der Waals surface area contributed by atoms with Crippen molar-refractivity contribution < 1.29 is 19.2 Å². The lowest BCUT2D eigenvalue weighted by Gasteiger charge is -2.12. The fourth-order valence-corrected chi connectivity index (χ4v) is 3.42. The second-order valence-electron chi connectivity index (χ2n) is 4.99. The lowest BCUT2D eigenvalue weighted by Crippen LogP contribution is -2.36. The van der Waals surface area contributed by atoms with Gasteiger partial charge in [0, 0.05) is 19.3 Å². The molecule has 0 saturated carbocycles. The van der Waals surface area contributed by atoms with Crippen molar-refractivity contribution in [1.82, 2.24) is 9.88 Å². The Morgan fingerprint density at radius 3 is 2.52 bits per heavy atom. The Kier molecular flexibility index (Phi) is 3.54. The lowest BCUT2D eigenvalue weighted by molar-refractivity contribution is -0.141. The number of nitrogens with zero attached hydrogens (tertiary/aromatic N) is 2. The summed E-state index contributed by atoms with van der Waals surface area (Å²) in [6.45, 7) is -0.296. The largest absolute Gasteiger partial charge is 0.300 e. The van der Waals surface area contributed by atoms with Gasteiger partial charge in [-0.3, -0.25) is 24.1 Å². The van der Waals surface area contributed by atoms with Crippen molar-refractivity contribution in [3.05, 3.63) is 10.6 Å². The van der Waals surface area contributed by atoms with Gasteiger partial charge in [0.15, 0.2) is 10.9 Å². The third kappa shape index (κ3) is 2.71. The Morgan fingerprint density at radius 2 is 1.86 bits per heavy atom. The summed E-state index contributed by atoms with van der Waals surface area (Å²) in [7, 11) is 0. The first-order valence-electron chi connectivity index (χ1n) is 6.70. The SMILES string of the molecule is O=C(CN1C(=O)CCC1=O)Nc1nc2c(s1)C(=O)CCC2. The van der Waals surface area contributed by atoms with Crippen molar-refractivity contribution >= 4 is 40.0 Å². The van der Waals surface area contributed by atoms with Crippen LogP contribution in [0.2, 0.25) is 0 Å². The van der Waals surface area contributed by atoms with Crippen LogP contribution in [0.5, 0.6) is 0 Å². The van der Waals surface area contributed by atoms with E-state index in [1.807, 2.05) is 0 Å². The number of likely N-dealkylation sites (tertiary alicyclic amines) is 1. The molecule has 2 aliphatic rings. The number of imide groups is 1. The molecule has 1 N–H and O–H groups in total. The number of rotatable bonds is 3. The van der Waals surface area contributed by atoms with Crippen molar-refractivity contribution in [3.8, 4) is 0 Å². The molecule has 1 saturated heterocycles. The van der Waals surface area contributed by atoms with Crippen molar-refractivity contribution in [2.24, 2.45) is 0 Å². The quantitative estimate of drug-likeness (QED) is 0.831. The van der Waals surface area contributed by atoms with E-state index in [0.29, 0.717) is 16.4 Å². The van der Waals surface area contributed by atoms with E-state index >= 15 is 0 Å². The Balaban J connectivity index is 1.67. The number of Topliss-reactive ketones (excluding diaryl/α,β-unsaturated/α-hetero) is 1. The minimum atomic E-state index is -0.475. The van der Waals surface area contributed by atoms with E-state index in [1.54, 1.807) is 0 Å². The van der Waals surface area contributed by atoms with Crippen LogP contribution < -0.4 is 5.32 Å². The van der Waals surface area contributed by atoms with Crippen molar-refractivity contribution in [1.29, 1.82) is 0 Å². The molecule has 1 aliphatic heterocycles. The maximum atomic E-state index is 11.9. The van der Waals surface area contributed by atoms with Crippen LogP contribution in [0, 0.1) is 0 Å². The number of amides is 3. The molecule has 7 nitrogen and oxygen atoms in total. The molecule has 1 aromatic rings. The first-order chi connectivity index (χ1) is 10.0. The van der Waals surface area contributed by atoms with E-state index < -0.39 is 5.91 Å². The van der Waals surface area contributed by atoms with Crippen molar-refractivity contribution in [2.45, 2.75) is 32.1 Å². The maximum absolute atomic E-state index is 11.9. The van der Waals surface area contributed by atoms with Gasteiger partial charge in [0.05, 0.1) is 10.6 Å². The lowest BCUT2D eigenvalue weighted by atomic mass is 10.0. The van der Waals surface area contributed by atoms with Gasteiger partial charge in [-0.25, -0.2) is 4.98 Å². The molecular formula is C13H13N3O4S. The average molecular weight is 307 g/mol. The minimum Gasteiger partial charge on any atom is -0.300 e. The van der Waals surface area contributed by atoms with Gasteiger partial charge in [-0.1, -0.05) is 11.3 Å². The summed E-state index contributed by atoms with van der Waals surface area (Å²) in [5.41, 5.74) is 0.722. The zero-order valence-corrected chi connectivity index (χ0v) is 12.0. The number of aryl methyl sites for hydroxylation is 1. The molecule has 8 heteroatoms. The van der Waals surface area contributed by atoms with Gasteiger partial charge in [0.2, 0.25) is 17.7 Å². The Hall–Kier alpha value is -2.09. The average Bonchev–Trinajstić information content (AvgIpc) is 2.97. The highest BCUT2D eigenvalue weighted by molar-refractivity contribution is 7.17. The number of carbonyl (C=O) groups is 4. The van der Waals surface area contributed by atoms with Crippen LogP contribution in [-0.4, -0.2) is 39.9 Å². The zero-order valence-electron chi connectivity index (χ0n) is 11.2. The third-order valence-corrected chi connectivity index (χ3v) is 4.53. The molecule has 1 aliphatic carbocycles. The van der Waals surface area contributed by atoms with E-state index in [4.69, 9.17) is 0 Å². The summed E-state index contributed by atoms with van der Waals surface area (Å²) in [6, 6.07) is 0. The molecule has 21 heavy (non-hydrogen) atoms. The van der Waals surface area contributed by atoms with Crippen molar-refractivity contribution in [2.75, 3.05) is 11.9 Å². The van der Waals surface area contributed by atoms with E-state index in [-0.39, 0.29) is 37.0 Å². The summed E-state index contributed by atoms with van der Waals surface area (Å²) in [5.74, 6) is -1.08.